The summed E-state index contributed by atoms with van der Waals surface area (Å²) in [5, 5.41) is 20.5. The summed E-state index contributed by atoms with van der Waals surface area (Å²) in [6.45, 7) is 1.71. The van der Waals surface area contributed by atoms with Gasteiger partial charge in [-0.3, -0.25) is 4.79 Å². The second-order valence-corrected chi connectivity index (χ2v) is 4.80. The number of carboxylic acids is 1. The van der Waals surface area contributed by atoms with Crippen LogP contribution in [0.4, 0.5) is 0 Å². The molecule has 1 heterocycles. The molecule has 3 N–H and O–H groups in total. The topological polar surface area (TPSA) is 104 Å². The smallest absolute Gasteiger partial charge is 0.328 e. The Hall–Kier alpha value is -2.41. The van der Waals surface area contributed by atoms with Crippen LogP contribution in [0.3, 0.4) is 0 Å². The van der Waals surface area contributed by atoms with Gasteiger partial charge < -0.3 is 20.1 Å². The minimum atomic E-state index is -1.29. The van der Waals surface area contributed by atoms with Gasteiger partial charge >= 0.3 is 5.97 Å². The number of hydrogen-bond donors (Lipinski definition) is 3. The summed E-state index contributed by atoms with van der Waals surface area (Å²) in [6, 6.07) is 6.24. The summed E-state index contributed by atoms with van der Waals surface area (Å²) in [4.78, 5) is 26.9. The number of benzene rings is 1. The van der Waals surface area contributed by atoms with Crippen molar-refractivity contribution in [3.05, 3.63) is 30.6 Å². The maximum Gasteiger partial charge on any atom is 0.328 e. The summed E-state index contributed by atoms with van der Waals surface area (Å²) < 4.78 is 1.83. The molecule has 7 heteroatoms. The number of nitrogens with zero attached hydrogens (tertiary/aromatic N) is 2. The number of carbonyl (C=O) groups is 2. The highest BCUT2D eigenvalue weighted by atomic mass is 16.4. The van der Waals surface area contributed by atoms with Crippen LogP contribution in [0.2, 0.25) is 0 Å². The van der Waals surface area contributed by atoms with Crippen molar-refractivity contribution in [2.75, 3.05) is 0 Å². The first-order valence-corrected chi connectivity index (χ1v) is 6.59. The zero-order valence-electron chi connectivity index (χ0n) is 11.6. The number of aliphatic hydroxyl groups excluding tert-OH is 1. The maximum atomic E-state index is 11.8. The van der Waals surface area contributed by atoms with Crippen molar-refractivity contribution in [2.24, 2.45) is 0 Å². The van der Waals surface area contributed by atoms with E-state index in [-0.39, 0.29) is 6.42 Å². The quantitative estimate of drug-likeness (QED) is 0.713. The Morgan fingerprint density at radius 1 is 1.38 bits per heavy atom. The number of amides is 1. The maximum absolute atomic E-state index is 11.8. The molecule has 2 aromatic rings. The van der Waals surface area contributed by atoms with E-state index in [1.54, 1.807) is 6.33 Å². The van der Waals surface area contributed by atoms with Crippen molar-refractivity contribution in [2.45, 2.75) is 32.0 Å². The molecule has 0 radical (unpaired) electrons. The minimum Gasteiger partial charge on any atom is -0.480 e. The third-order valence-corrected chi connectivity index (χ3v) is 3.17. The second kappa shape index (κ2) is 6.36. The number of aryl methyl sites for hydroxylation is 1. The van der Waals surface area contributed by atoms with E-state index in [1.807, 2.05) is 28.8 Å². The molecule has 2 rings (SSSR count). The highest BCUT2D eigenvalue weighted by Gasteiger charge is 2.24. The van der Waals surface area contributed by atoms with Crippen LogP contribution in [0.25, 0.3) is 11.0 Å². The van der Waals surface area contributed by atoms with E-state index in [9.17, 15) is 14.7 Å². The molecule has 1 aromatic heterocycles. The molecule has 1 amide bonds. The van der Waals surface area contributed by atoms with E-state index in [4.69, 9.17) is 5.11 Å². The van der Waals surface area contributed by atoms with Crippen molar-refractivity contribution in [1.29, 1.82) is 0 Å². The van der Waals surface area contributed by atoms with Gasteiger partial charge in [0, 0.05) is 13.0 Å². The predicted molar refractivity (Wildman–Crippen MR) is 75.6 cm³/mol. The van der Waals surface area contributed by atoms with Crippen LogP contribution >= 0.6 is 0 Å². The summed E-state index contributed by atoms with van der Waals surface area (Å²) in [5.41, 5.74) is 1.75. The lowest BCUT2D eigenvalue weighted by Gasteiger charge is -2.17. The second-order valence-electron chi connectivity index (χ2n) is 4.80. The lowest BCUT2D eigenvalue weighted by molar-refractivity contribution is -0.144. The first-order chi connectivity index (χ1) is 9.99. The first-order valence-electron chi connectivity index (χ1n) is 6.59. The summed E-state index contributed by atoms with van der Waals surface area (Å²) in [7, 11) is 0. The van der Waals surface area contributed by atoms with Crippen LogP contribution in [0.5, 0.6) is 0 Å². The molecule has 0 fully saturated rings. The lowest BCUT2D eigenvalue weighted by atomic mass is 10.2. The average Bonchev–Trinajstić information content (AvgIpc) is 2.85. The van der Waals surface area contributed by atoms with E-state index < -0.39 is 24.0 Å². The number of carboxylic acid groups (broad SMARTS) is 1. The molecular formula is C14H17N3O4. The van der Waals surface area contributed by atoms with Gasteiger partial charge in [0.25, 0.3) is 0 Å². The summed E-state index contributed by atoms with van der Waals surface area (Å²) in [6.07, 6.45) is 0.596. The molecule has 2 atom stereocenters. The van der Waals surface area contributed by atoms with Crippen molar-refractivity contribution in [3.63, 3.8) is 0 Å². The molecule has 112 valence electrons. The molecule has 0 spiro atoms. The van der Waals surface area contributed by atoms with E-state index >= 15 is 0 Å². The van der Waals surface area contributed by atoms with Crippen molar-refractivity contribution >= 4 is 22.9 Å². The van der Waals surface area contributed by atoms with E-state index in [0.717, 1.165) is 11.0 Å². The molecule has 1 aromatic carbocycles. The van der Waals surface area contributed by atoms with Crippen LogP contribution in [0.1, 0.15) is 13.3 Å². The summed E-state index contributed by atoms with van der Waals surface area (Å²) in [5.74, 6) is -1.69. The molecule has 7 nitrogen and oxygen atoms in total. The first kappa shape index (κ1) is 15.0. The molecule has 2 unspecified atom stereocenters. The zero-order chi connectivity index (χ0) is 15.4. The van der Waals surface area contributed by atoms with E-state index in [2.05, 4.69) is 10.3 Å². The number of aliphatic hydroxyl groups is 1. The van der Waals surface area contributed by atoms with Crippen LogP contribution in [-0.4, -0.2) is 43.8 Å². The fourth-order valence-corrected chi connectivity index (χ4v) is 2.04. The molecule has 0 saturated carbocycles. The van der Waals surface area contributed by atoms with Crippen LogP contribution in [0.15, 0.2) is 30.6 Å². The third-order valence-electron chi connectivity index (χ3n) is 3.17. The average molecular weight is 291 g/mol. The van der Waals surface area contributed by atoms with Gasteiger partial charge in [0.1, 0.15) is 0 Å². The van der Waals surface area contributed by atoms with Crippen molar-refractivity contribution in [1.82, 2.24) is 14.9 Å². The van der Waals surface area contributed by atoms with Gasteiger partial charge in [-0.05, 0) is 19.1 Å². The van der Waals surface area contributed by atoms with Crippen LogP contribution in [-0.2, 0) is 16.1 Å². The highest BCUT2D eigenvalue weighted by Crippen LogP contribution is 2.12. The van der Waals surface area contributed by atoms with E-state index in [0.29, 0.717) is 6.54 Å². The number of imidazole rings is 1. The number of carbonyl (C=O) groups excluding carboxylic acids is 1. The van der Waals surface area contributed by atoms with Crippen LogP contribution < -0.4 is 5.32 Å². The Morgan fingerprint density at radius 2 is 2.10 bits per heavy atom. The Bertz CT molecular complexity index is 650. The molecule has 0 aliphatic carbocycles. The van der Waals surface area contributed by atoms with Gasteiger partial charge in [-0.25, -0.2) is 9.78 Å². The van der Waals surface area contributed by atoms with Gasteiger partial charge in [-0.2, -0.15) is 0 Å². The molecule has 0 saturated heterocycles. The standard InChI is InChI=1S/C14H17N3O4/c1-9(18)13(14(20)21)16-12(19)6-7-17-8-15-10-4-2-3-5-11(10)17/h2-5,8-9,13,18H,6-7H2,1H3,(H,16,19)(H,20,21). The predicted octanol–water partition coefficient (Wildman–Crippen LogP) is 0.377. The monoisotopic (exact) mass is 291 g/mol. The van der Waals surface area contributed by atoms with Gasteiger partial charge in [0.05, 0.1) is 23.5 Å². The fourth-order valence-electron chi connectivity index (χ4n) is 2.04. The van der Waals surface area contributed by atoms with Gasteiger partial charge in [0.15, 0.2) is 6.04 Å². The molecule has 0 bridgehead atoms. The Balaban J connectivity index is 1.96. The Kier molecular flexibility index (Phi) is 4.54. The van der Waals surface area contributed by atoms with Gasteiger partial charge in [-0.1, -0.05) is 12.1 Å². The molecule has 21 heavy (non-hydrogen) atoms. The van der Waals surface area contributed by atoms with Crippen molar-refractivity contribution in [3.8, 4) is 0 Å². The van der Waals surface area contributed by atoms with Crippen LogP contribution in [0, 0.1) is 0 Å². The summed E-state index contributed by atoms with van der Waals surface area (Å²) >= 11 is 0. The molecular weight excluding hydrogens is 274 g/mol. The van der Waals surface area contributed by atoms with Crippen molar-refractivity contribution < 1.29 is 19.8 Å². The fraction of sp³-hybridized carbons (Fsp3) is 0.357. The minimum absolute atomic E-state index is 0.108. The lowest BCUT2D eigenvalue weighted by Crippen LogP contribution is -2.47. The van der Waals surface area contributed by atoms with E-state index in [1.165, 1.54) is 6.92 Å². The Labute approximate surface area is 121 Å². The zero-order valence-corrected chi connectivity index (χ0v) is 11.6. The number of fused-ring (bicyclic) bond motifs is 1. The number of hydrogen-bond acceptors (Lipinski definition) is 4. The Morgan fingerprint density at radius 3 is 2.76 bits per heavy atom. The number of para-hydroxylation sites is 2. The number of nitrogens with one attached hydrogen (secondary N) is 1. The molecule has 0 aliphatic rings. The van der Waals surface area contributed by atoms with Gasteiger partial charge in [0.2, 0.25) is 5.91 Å². The number of aliphatic carboxylic acids is 1. The third kappa shape index (κ3) is 3.57. The number of rotatable bonds is 6. The van der Waals surface area contributed by atoms with Gasteiger partial charge in [-0.15, -0.1) is 0 Å². The highest BCUT2D eigenvalue weighted by molar-refractivity contribution is 5.84. The molecule has 0 aliphatic heterocycles. The largest absolute Gasteiger partial charge is 0.480 e. The SMILES string of the molecule is CC(O)C(NC(=O)CCn1cnc2ccccc21)C(=O)O. The number of aromatic nitrogens is 2. The normalized spacial score (nSPS) is 13.8.